The zero-order valence-electron chi connectivity index (χ0n) is 11.7. The highest BCUT2D eigenvalue weighted by Crippen LogP contribution is 2.16. The first-order chi connectivity index (χ1) is 9.40. The maximum atomic E-state index is 11.6. The minimum absolute atomic E-state index is 0.162. The topological polar surface area (TPSA) is 79.4 Å². The van der Waals surface area contributed by atoms with E-state index in [1.807, 2.05) is 11.8 Å². The van der Waals surface area contributed by atoms with E-state index >= 15 is 0 Å². The molecule has 1 aliphatic rings. The molecule has 0 saturated carbocycles. The predicted molar refractivity (Wildman–Crippen MR) is 76.2 cm³/mol. The summed E-state index contributed by atoms with van der Waals surface area (Å²) < 4.78 is 22.7. The van der Waals surface area contributed by atoms with E-state index < -0.39 is 9.84 Å². The Bertz CT molecular complexity index is 583. The monoisotopic (exact) mass is 297 g/mol. The molecule has 1 amide bonds. The number of likely N-dealkylation sites (tertiary alicyclic amines) is 1. The van der Waals surface area contributed by atoms with Gasteiger partial charge in [-0.05, 0) is 18.6 Å². The van der Waals surface area contributed by atoms with E-state index in [9.17, 15) is 13.2 Å². The minimum Gasteiger partial charge on any atom is -0.365 e. The summed E-state index contributed by atoms with van der Waals surface area (Å²) in [7, 11) is -3.21. The molecule has 0 aromatic carbocycles. The number of carbonyl (C=O) groups is 1. The van der Waals surface area contributed by atoms with Crippen molar-refractivity contribution in [3.63, 3.8) is 0 Å². The quantitative estimate of drug-likeness (QED) is 0.893. The van der Waals surface area contributed by atoms with Crippen molar-refractivity contribution < 1.29 is 13.2 Å². The van der Waals surface area contributed by atoms with Gasteiger partial charge in [0.05, 0.1) is 4.90 Å². The average molecular weight is 297 g/mol. The summed E-state index contributed by atoms with van der Waals surface area (Å²) in [5.41, 5.74) is 0. The highest BCUT2D eigenvalue weighted by Gasteiger charge is 2.25. The molecule has 2 rings (SSSR count). The zero-order valence-corrected chi connectivity index (χ0v) is 12.5. The Morgan fingerprint density at radius 3 is 2.80 bits per heavy atom. The van der Waals surface area contributed by atoms with Crippen molar-refractivity contribution in [3.05, 3.63) is 18.3 Å². The van der Waals surface area contributed by atoms with E-state index in [1.54, 1.807) is 6.07 Å². The maximum absolute atomic E-state index is 11.6. The van der Waals surface area contributed by atoms with Crippen LogP contribution < -0.4 is 5.32 Å². The van der Waals surface area contributed by atoms with Gasteiger partial charge in [-0.15, -0.1) is 0 Å². The second kappa shape index (κ2) is 5.78. The van der Waals surface area contributed by atoms with Crippen LogP contribution in [-0.4, -0.2) is 49.6 Å². The second-order valence-electron chi connectivity index (χ2n) is 4.97. The SMILES string of the molecule is CCC(=O)N1CCC(Nc2ccc(S(C)(=O)=O)cn2)C1. The molecule has 1 aromatic rings. The number of aromatic nitrogens is 1. The molecule has 110 valence electrons. The number of hydrogen-bond acceptors (Lipinski definition) is 5. The molecule has 6 nitrogen and oxygen atoms in total. The molecule has 0 radical (unpaired) electrons. The van der Waals surface area contributed by atoms with Gasteiger partial charge in [-0.3, -0.25) is 4.79 Å². The third-order valence-electron chi connectivity index (χ3n) is 3.36. The highest BCUT2D eigenvalue weighted by atomic mass is 32.2. The van der Waals surface area contributed by atoms with E-state index in [2.05, 4.69) is 10.3 Å². The van der Waals surface area contributed by atoms with Crippen molar-refractivity contribution in [1.29, 1.82) is 0 Å². The second-order valence-corrected chi connectivity index (χ2v) is 6.99. The van der Waals surface area contributed by atoms with Gasteiger partial charge in [0, 0.05) is 38.0 Å². The number of anilines is 1. The van der Waals surface area contributed by atoms with E-state index in [-0.39, 0.29) is 16.8 Å². The summed E-state index contributed by atoms with van der Waals surface area (Å²) >= 11 is 0. The van der Waals surface area contributed by atoms with Crippen molar-refractivity contribution in [2.24, 2.45) is 0 Å². The average Bonchev–Trinajstić information content (AvgIpc) is 2.86. The Kier molecular flexibility index (Phi) is 4.27. The predicted octanol–water partition coefficient (Wildman–Crippen LogP) is 0.908. The molecule has 0 aliphatic carbocycles. The van der Waals surface area contributed by atoms with Gasteiger partial charge in [-0.1, -0.05) is 6.92 Å². The molecule has 1 unspecified atom stereocenters. The number of carbonyl (C=O) groups excluding carboxylic acids is 1. The Morgan fingerprint density at radius 1 is 1.50 bits per heavy atom. The molecule has 20 heavy (non-hydrogen) atoms. The Labute approximate surface area is 119 Å². The van der Waals surface area contributed by atoms with Crippen molar-refractivity contribution in [2.45, 2.75) is 30.7 Å². The van der Waals surface area contributed by atoms with Gasteiger partial charge in [0.15, 0.2) is 9.84 Å². The van der Waals surface area contributed by atoms with Crippen LogP contribution in [0.1, 0.15) is 19.8 Å². The van der Waals surface area contributed by atoms with Gasteiger partial charge in [-0.2, -0.15) is 0 Å². The lowest BCUT2D eigenvalue weighted by molar-refractivity contribution is -0.129. The molecule has 1 atom stereocenters. The van der Waals surface area contributed by atoms with Crippen LogP contribution in [0.2, 0.25) is 0 Å². The van der Waals surface area contributed by atoms with Gasteiger partial charge in [0.1, 0.15) is 5.82 Å². The molecule has 1 N–H and O–H groups in total. The summed E-state index contributed by atoms with van der Waals surface area (Å²) in [5.74, 6) is 0.794. The molecule has 1 aromatic heterocycles. The van der Waals surface area contributed by atoms with Crippen LogP contribution in [0.25, 0.3) is 0 Å². The van der Waals surface area contributed by atoms with Crippen molar-refractivity contribution >= 4 is 21.6 Å². The van der Waals surface area contributed by atoms with E-state index in [0.717, 1.165) is 19.2 Å². The molecule has 1 saturated heterocycles. The number of pyridine rings is 1. The van der Waals surface area contributed by atoms with Crippen molar-refractivity contribution in [2.75, 3.05) is 24.7 Å². The third-order valence-corrected chi connectivity index (χ3v) is 4.46. The molecular formula is C13H19N3O3S. The first kappa shape index (κ1) is 14.8. The molecule has 1 fully saturated rings. The fraction of sp³-hybridized carbons (Fsp3) is 0.538. The molecular weight excluding hydrogens is 278 g/mol. The summed E-state index contributed by atoms with van der Waals surface area (Å²) in [6.07, 6.45) is 3.90. The molecule has 0 bridgehead atoms. The number of nitrogens with one attached hydrogen (secondary N) is 1. The van der Waals surface area contributed by atoms with Crippen molar-refractivity contribution in [3.8, 4) is 0 Å². The largest absolute Gasteiger partial charge is 0.365 e. The van der Waals surface area contributed by atoms with Crippen LogP contribution in [0.4, 0.5) is 5.82 Å². The van der Waals surface area contributed by atoms with Crippen LogP contribution >= 0.6 is 0 Å². The number of hydrogen-bond donors (Lipinski definition) is 1. The minimum atomic E-state index is -3.21. The van der Waals surface area contributed by atoms with E-state index in [0.29, 0.717) is 18.8 Å². The Hall–Kier alpha value is -1.63. The van der Waals surface area contributed by atoms with Crippen LogP contribution in [0.15, 0.2) is 23.2 Å². The standard InChI is InChI=1S/C13H19N3O3S/c1-3-13(17)16-7-6-10(9-16)15-12-5-4-11(8-14-12)20(2,18)19/h4-5,8,10H,3,6-7,9H2,1-2H3,(H,14,15). The molecule has 7 heteroatoms. The zero-order chi connectivity index (χ0) is 14.8. The van der Waals surface area contributed by atoms with E-state index in [1.165, 1.54) is 12.3 Å². The van der Waals surface area contributed by atoms with Gasteiger partial charge in [-0.25, -0.2) is 13.4 Å². The first-order valence-corrected chi connectivity index (χ1v) is 8.49. The normalized spacial score (nSPS) is 19.1. The fourth-order valence-electron chi connectivity index (χ4n) is 2.22. The molecule has 1 aliphatic heterocycles. The Morgan fingerprint density at radius 2 is 2.25 bits per heavy atom. The number of sulfone groups is 1. The van der Waals surface area contributed by atoms with Gasteiger partial charge >= 0.3 is 0 Å². The van der Waals surface area contributed by atoms with E-state index in [4.69, 9.17) is 0 Å². The van der Waals surface area contributed by atoms with Crippen LogP contribution in [0, 0.1) is 0 Å². The smallest absolute Gasteiger partial charge is 0.222 e. The van der Waals surface area contributed by atoms with Gasteiger partial charge < -0.3 is 10.2 Å². The molecule has 0 spiro atoms. The summed E-state index contributed by atoms with van der Waals surface area (Å²) in [6, 6.07) is 3.36. The third kappa shape index (κ3) is 3.47. The van der Waals surface area contributed by atoms with Crippen molar-refractivity contribution in [1.82, 2.24) is 9.88 Å². The van der Waals surface area contributed by atoms with Crippen LogP contribution in [-0.2, 0) is 14.6 Å². The Balaban J connectivity index is 1.97. The fourth-order valence-corrected chi connectivity index (χ4v) is 2.78. The first-order valence-electron chi connectivity index (χ1n) is 6.60. The summed E-state index contributed by atoms with van der Waals surface area (Å²) in [6.45, 7) is 3.28. The lowest BCUT2D eigenvalue weighted by atomic mass is 10.2. The van der Waals surface area contributed by atoms with Crippen LogP contribution in [0.3, 0.4) is 0 Å². The molecule has 2 heterocycles. The summed E-state index contributed by atoms with van der Waals surface area (Å²) in [5, 5.41) is 3.23. The number of amides is 1. The highest BCUT2D eigenvalue weighted by molar-refractivity contribution is 7.90. The lowest BCUT2D eigenvalue weighted by Gasteiger charge is -2.16. The summed E-state index contributed by atoms with van der Waals surface area (Å²) in [4.78, 5) is 17.7. The number of nitrogens with zero attached hydrogens (tertiary/aromatic N) is 2. The maximum Gasteiger partial charge on any atom is 0.222 e. The van der Waals surface area contributed by atoms with Gasteiger partial charge in [0.2, 0.25) is 5.91 Å². The lowest BCUT2D eigenvalue weighted by Crippen LogP contribution is -2.31. The van der Waals surface area contributed by atoms with Gasteiger partial charge in [0.25, 0.3) is 0 Å². The van der Waals surface area contributed by atoms with Crippen LogP contribution in [0.5, 0.6) is 0 Å². The number of rotatable bonds is 4.